The standard InChI is InChI=1S/C13H17N3O/c14-7-11-5-6-12(8-15-11)16-13-4-2-1-3-10(13)9-17/h5-6,8,10,13,16-17H,1-4,9H2. The molecule has 1 heterocycles. The molecule has 0 aliphatic heterocycles. The highest BCUT2D eigenvalue weighted by Gasteiger charge is 2.24. The Morgan fingerprint density at radius 2 is 2.24 bits per heavy atom. The molecule has 0 radical (unpaired) electrons. The summed E-state index contributed by atoms with van der Waals surface area (Å²) in [6.45, 7) is 0.237. The molecular weight excluding hydrogens is 214 g/mol. The summed E-state index contributed by atoms with van der Waals surface area (Å²) in [5.74, 6) is 0.333. The highest BCUT2D eigenvalue weighted by Crippen LogP contribution is 2.26. The van der Waals surface area contributed by atoms with E-state index >= 15 is 0 Å². The molecule has 0 spiro atoms. The Morgan fingerprint density at radius 1 is 1.41 bits per heavy atom. The van der Waals surface area contributed by atoms with Gasteiger partial charge in [0.2, 0.25) is 0 Å². The summed E-state index contributed by atoms with van der Waals surface area (Å²) in [6, 6.07) is 5.90. The van der Waals surface area contributed by atoms with Crippen LogP contribution in [-0.2, 0) is 0 Å². The van der Waals surface area contributed by atoms with E-state index in [0.29, 0.717) is 17.7 Å². The minimum atomic E-state index is 0.237. The number of pyridine rings is 1. The van der Waals surface area contributed by atoms with E-state index in [4.69, 9.17) is 5.26 Å². The Morgan fingerprint density at radius 3 is 2.88 bits per heavy atom. The van der Waals surface area contributed by atoms with Crippen LogP contribution in [0.5, 0.6) is 0 Å². The van der Waals surface area contributed by atoms with Crippen LogP contribution < -0.4 is 5.32 Å². The predicted molar refractivity (Wildman–Crippen MR) is 65.4 cm³/mol. The second-order valence-electron chi connectivity index (χ2n) is 4.52. The summed E-state index contributed by atoms with van der Waals surface area (Å²) in [5.41, 5.74) is 1.35. The summed E-state index contributed by atoms with van der Waals surface area (Å²) >= 11 is 0. The van der Waals surface area contributed by atoms with Crippen LogP contribution in [0.15, 0.2) is 18.3 Å². The SMILES string of the molecule is N#Cc1ccc(NC2CCCCC2CO)cn1. The third-order valence-corrected chi connectivity index (χ3v) is 3.37. The predicted octanol–water partition coefficient (Wildman–Crippen LogP) is 1.92. The van der Waals surface area contributed by atoms with E-state index in [1.807, 2.05) is 12.1 Å². The van der Waals surface area contributed by atoms with Crippen LogP contribution in [0, 0.1) is 17.2 Å². The van der Waals surface area contributed by atoms with Gasteiger partial charge in [0, 0.05) is 18.6 Å². The van der Waals surface area contributed by atoms with E-state index in [0.717, 1.165) is 18.5 Å². The molecular formula is C13H17N3O. The minimum absolute atomic E-state index is 0.237. The van der Waals surface area contributed by atoms with Crippen LogP contribution in [0.4, 0.5) is 5.69 Å². The van der Waals surface area contributed by atoms with Gasteiger partial charge < -0.3 is 10.4 Å². The molecule has 90 valence electrons. The van der Waals surface area contributed by atoms with Gasteiger partial charge in [-0.3, -0.25) is 0 Å². The molecule has 4 nitrogen and oxygen atoms in total. The number of rotatable bonds is 3. The number of aliphatic hydroxyl groups excluding tert-OH is 1. The number of anilines is 1. The number of nitriles is 1. The quantitative estimate of drug-likeness (QED) is 0.833. The largest absolute Gasteiger partial charge is 0.396 e. The van der Waals surface area contributed by atoms with Gasteiger partial charge in [-0.1, -0.05) is 12.8 Å². The van der Waals surface area contributed by atoms with Crippen molar-refractivity contribution in [3.05, 3.63) is 24.0 Å². The number of hydrogen-bond acceptors (Lipinski definition) is 4. The third-order valence-electron chi connectivity index (χ3n) is 3.37. The molecule has 1 aliphatic rings. The lowest BCUT2D eigenvalue weighted by Crippen LogP contribution is -2.34. The summed E-state index contributed by atoms with van der Waals surface area (Å²) in [7, 11) is 0. The molecule has 2 rings (SSSR count). The molecule has 0 amide bonds. The highest BCUT2D eigenvalue weighted by atomic mass is 16.3. The number of aromatic nitrogens is 1. The number of hydrogen-bond donors (Lipinski definition) is 2. The first-order chi connectivity index (χ1) is 8.33. The average Bonchev–Trinajstić information content (AvgIpc) is 2.40. The van der Waals surface area contributed by atoms with E-state index in [1.165, 1.54) is 12.8 Å². The zero-order chi connectivity index (χ0) is 12.1. The van der Waals surface area contributed by atoms with Crippen molar-refractivity contribution in [2.75, 3.05) is 11.9 Å². The summed E-state index contributed by atoms with van der Waals surface area (Å²) < 4.78 is 0. The summed E-state index contributed by atoms with van der Waals surface area (Å²) in [6.07, 6.45) is 6.26. The Labute approximate surface area is 101 Å². The van der Waals surface area contributed by atoms with Gasteiger partial charge in [-0.25, -0.2) is 4.98 Å². The topological polar surface area (TPSA) is 68.9 Å². The van der Waals surface area contributed by atoms with Gasteiger partial charge in [0.05, 0.1) is 11.9 Å². The van der Waals surface area contributed by atoms with Crippen molar-refractivity contribution in [2.45, 2.75) is 31.7 Å². The lowest BCUT2D eigenvalue weighted by Gasteiger charge is -2.31. The molecule has 1 aliphatic carbocycles. The molecule has 2 atom stereocenters. The van der Waals surface area contributed by atoms with Crippen molar-refractivity contribution >= 4 is 5.69 Å². The van der Waals surface area contributed by atoms with Crippen molar-refractivity contribution in [1.82, 2.24) is 4.98 Å². The monoisotopic (exact) mass is 231 g/mol. The fourth-order valence-electron chi connectivity index (χ4n) is 2.38. The highest BCUT2D eigenvalue weighted by molar-refractivity contribution is 5.43. The van der Waals surface area contributed by atoms with E-state index in [-0.39, 0.29) is 6.61 Å². The Bertz CT molecular complexity index is 396. The normalized spacial score (nSPS) is 24.0. The molecule has 4 heteroatoms. The zero-order valence-corrected chi connectivity index (χ0v) is 9.76. The molecule has 0 saturated heterocycles. The van der Waals surface area contributed by atoms with Crippen molar-refractivity contribution in [2.24, 2.45) is 5.92 Å². The van der Waals surface area contributed by atoms with Gasteiger partial charge >= 0.3 is 0 Å². The van der Waals surface area contributed by atoms with Crippen molar-refractivity contribution in [3.63, 3.8) is 0 Å². The maximum atomic E-state index is 9.32. The van der Waals surface area contributed by atoms with Gasteiger partial charge in [0.1, 0.15) is 11.8 Å². The van der Waals surface area contributed by atoms with E-state index < -0.39 is 0 Å². The molecule has 2 N–H and O–H groups in total. The lowest BCUT2D eigenvalue weighted by molar-refractivity contribution is 0.178. The van der Waals surface area contributed by atoms with E-state index in [1.54, 1.807) is 12.3 Å². The molecule has 1 aromatic heterocycles. The first-order valence-corrected chi connectivity index (χ1v) is 6.07. The van der Waals surface area contributed by atoms with Gasteiger partial charge in [0.15, 0.2) is 0 Å². The summed E-state index contributed by atoms with van der Waals surface area (Å²) in [5, 5.41) is 21.4. The van der Waals surface area contributed by atoms with E-state index in [9.17, 15) is 5.11 Å². The average molecular weight is 231 g/mol. The Kier molecular flexibility index (Phi) is 3.94. The van der Waals surface area contributed by atoms with Crippen LogP contribution in [0.2, 0.25) is 0 Å². The minimum Gasteiger partial charge on any atom is -0.396 e. The van der Waals surface area contributed by atoms with Gasteiger partial charge in [-0.05, 0) is 25.0 Å². The molecule has 1 fully saturated rings. The Balaban J connectivity index is 2.01. The van der Waals surface area contributed by atoms with Crippen LogP contribution in [0.1, 0.15) is 31.4 Å². The molecule has 17 heavy (non-hydrogen) atoms. The molecule has 1 saturated carbocycles. The fourth-order valence-corrected chi connectivity index (χ4v) is 2.38. The Hall–Kier alpha value is -1.60. The first kappa shape index (κ1) is 11.9. The number of nitrogens with zero attached hydrogens (tertiary/aromatic N) is 2. The number of nitrogens with one attached hydrogen (secondary N) is 1. The van der Waals surface area contributed by atoms with Crippen molar-refractivity contribution in [3.8, 4) is 6.07 Å². The lowest BCUT2D eigenvalue weighted by atomic mass is 9.85. The van der Waals surface area contributed by atoms with Crippen LogP contribution in [-0.4, -0.2) is 22.7 Å². The van der Waals surface area contributed by atoms with Crippen molar-refractivity contribution in [1.29, 1.82) is 5.26 Å². The van der Waals surface area contributed by atoms with Crippen LogP contribution >= 0.6 is 0 Å². The van der Waals surface area contributed by atoms with Crippen molar-refractivity contribution < 1.29 is 5.11 Å². The van der Waals surface area contributed by atoms with E-state index in [2.05, 4.69) is 10.3 Å². The van der Waals surface area contributed by atoms with Gasteiger partial charge in [0.25, 0.3) is 0 Å². The van der Waals surface area contributed by atoms with Gasteiger partial charge in [-0.2, -0.15) is 5.26 Å². The molecule has 2 unspecified atom stereocenters. The number of aliphatic hydroxyl groups is 1. The van der Waals surface area contributed by atoms with Crippen LogP contribution in [0.3, 0.4) is 0 Å². The summed E-state index contributed by atoms with van der Waals surface area (Å²) in [4.78, 5) is 4.03. The molecule has 1 aromatic rings. The first-order valence-electron chi connectivity index (χ1n) is 6.07. The second-order valence-corrected chi connectivity index (χ2v) is 4.52. The molecule has 0 bridgehead atoms. The second kappa shape index (κ2) is 5.65. The molecule has 0 aromatic carbocycles. The third kappa shape index (κ3) is 2.95. The fraction of sp³-hybridized carbons (Fsp3) is 0.538. The zero-order valence-electron chi connectivity index (χ0n) is 9.76. The van der Waals surface area contributed by atoms with Crippen LogP contribution in [0.25, 0.3) is 0 Å². The maximum absolute atomic E-state index is 9.32. The smallest absolute Gasteiger partial charge is 0.140 e. The van der Waals surface area contributed by atoms with Gasteiger partial charge in [-0.15, -0.1) is 0 Å². The maximum Gasteiger partial charge on any atom is 0.140 e.